The van der Waals surface area contributed by atoms with Gasteiger partial charge in [-0.15, -0.1) is 6.58 Å². The largest absolute Gasteiger partial charge is 0.386 e. The highest BCUT2D eigenvalue weighted by molar-refractivity contribution is 5.14. The number of benzene rings is 1. The third kappa shape index (κ3) is 8.30. The Bertz CT molecular complexity index is 554. The van der Waals surface area contributed by atoms with E-state index in [1.807, 2.05) is 24.3 Å². The van der Waals surface area contributed by atoms with Gasteiger partial charge in [-0.1, -0.05) is 107 Å². The Labute approximate surface area is 171 Å². The Morgan fingerprint density at radius 3 is 2.39 bits per heavy atom. The van der Waals surface area contributed by atoms with Gasteiger partial charge in [-0.3, -0.25) is 0 Å². The second kappa shape index (κ2) is 13.7. The van der Waals surface area contributed by atoms with E-state index in [1.54, 1.807) is 0 Å². The SMILES string of the molecule is C=C[C@H](O)[C@@H]1C=C[C@@H](OCc2ccccc2)[C@H](CCCCCCCCCC)O1. The van der Waals surface area contributed by atoms with E-state index in [-0.39, 0.29) is 18.3 Å². The molecule has 0 spiro atoms. The second-order valence-corrected chi connectivity index (χ2v) is 7.78. The fraction of sp³-hybridized carbons (Fsp3) is 0.600. The number of unbranched alkanes of at least 4 members (excludes halogenated alkanes) is 7. The van der Waals surface area contributed by atoms with Crippen LogP contribution in [0.1, 0.15) is 70.3 Å². The first-order valence-electron chi connectivity index (χ1n) is 11.0. The summed E-state index contributed by atoms with van der Waals surface area (Å²) in [6.45, 7) is 6.50. The molecule has 28 heavy (non-hydrogen) atoms. The molecule has 1 aromatic rings. The van der Waals surface area contributed by atoms with E-state index < -0.39 is 6.10 Å². The second-order valence-electron chi connectivity index (χ2n) is 7.78. The lowest BCUT2D eigenvalue weighted by Gasteiger charge is -2.34. The molecule has 0 bridgehead atoms. The summed E-state index contributed by atoms with van der Waals surface area (Å²) in [5.74, 6) is 0. The smallest absolute Gasteiger partial charge is 0.106 e. The van der Waals surface area contributed by atoms with Crippen molar-refractivity contribution in [3.05, 3.63) is 60.7 Å². The molecule has 0 radical (unpaired) electrons. The molecule has 0 fully saturated rings. The topological polar surface area (TPSA) is 38.7 Å². The molecule has 3 nitrogen and oxygen atoms in total. The Kier molecular flexibility index (Phi) is 11.2. The van der Waals surface area contributed by atoms with E-state index in [0.717, 1.165) is 18.4 Å². The summed E-state index contributed by atoms with van der Waals surface area (Å²) in [6, 6.07) is 10.2. The summed E-state index contributed by atoms with van der Waals surface area (Å²) >= 11 is 0. The number of aliphatic hydroxyl groups excluding tert-OH is 1. The van der Waals surface area contributed by atoms with Crippen molar-refractivity contribution < 1.29 is 14.6 Å². The van der Waals surface area contributed by atoms with E-state index >= 15 is 0 Å². The Balaban J connectivity index is 1.79. The predicted molar refractivity (Wildman–Crippen MR) is 116 cm³/mol. The summed E-state index contributed by atoms with van der Waals surface area (Å²) < 4.78 is 12.3. The van der Waals surface area contributed by atoms with Gasteiger partial charge < -0.3 is 14.6 Å². The summed E-state index contributed by atoms with van der Waals surface area (Å²) in [4.78, 5) is 0. The van der Waals surface area contributed by atoms with Crippen LogP contribution in [0.15, 0.2) is 55.1 Å². The lowest BCUT2D eigenvalue weighted by atomic mass is 9.99. The normalized spacial score (nSPS) is 22.9. The first kappa shape index (κ1) is 22.9. The highest BCUT2D eigenvalue weighted by Gasteiger charge is 2.30. The molecular formula is C25H38O3. The number of ether oxygens (including phenoxy) is 2. The van der Waals surface area contributed by atoms with Crippen LogP contribution >= 0.6 is 0 Å². The lowest BCUT2D eigenvalue weighted by Crippen LogP contribution is -2.41. The molecule has 4 atom stereocenters. The standard InChI is InChI=1S/C25H38O3/c1-3-5-6-7-8-9-10-14-17-25-24(19-18-23(28-25)22(26)4-2)27-20-21-15-12-11-13-16-21/h4,11-13,15-16,18-19,22-26H,2-3,5-10,14,17,20H2,1H3/t22-,23-,24+,25-/m0/s1. The van der Waals surface area contributed by atoms with E-state index in [1.165, 1.54) is 51.0 Å². The van der Waals surface area contributed by atoms with Crippen molar-refractivity contribution in [3.63, 3.8) is 0 Å². The molecule has 0 aromatic heterocycles. The minimum Gasteiger partial charge on any atom is -0.386 e. The van der Waals surface area contributed by atoms with Gasteiger partial charge in [0.15, 0.2) is 0 Å². The molecule has 3 heteroatoms. The van der Waals surface area contributed by atoms with E-state index in [2.05, 4.69) is 31.7 Å². The van der Waals surface area contributed by atoms with Crippen molar-refractivity contribution in [2.24, 2.45) is 0 Å². The van der Waals surface area contributed by atoms with Crippen LogP contribution < -0.4 is 0 Å². The molecule has 0 saturated heterocycles. The highest BCUT2D eigenvalue weighted by Crippen LogP contribution is 2.24. The van der Waals surface area contributed by atoms with Crippen LogP contribution in [0.25, 0.3) is 0 Å². The Morgan fingerprint density at radius 2 is 1.71 bits per heavy atom. The molecular weight excluding hydrogens is 348 g/mol. The molecule has 1 heterocycles. The Morgan fingerprint density at radius 1 is 1.04 bits per heavy atom. The number of aliphatic hydroxyl groups is 1. The minimum atomic E-state index is -0.674. The molecule has 0 unspecified atom stereocenters. The molecule has 0 aliphatic carbocycles. The monoisotopic (exact) mass is 386 g/mol. The van der Waals surface area contributed by atoms with Gasteiger partial charge in [-0.05, 0) is 12.0 Å². The molecule has 1 aliphatic heterocycles. The number of hydrogen-bond acceptors (Lipinski definition) is 3. The molecule has 1 aliphatic rings. The minimum absolute atomic E-state index is 0.0200. The van der Waals surface area contributed by atoms with Gasteiger partial charge in [0, 0.05) is 0 Å². The van der Waals surface area contributed by atoms with Crippen LogP contribution in [-0.2, 0) is 16.1 Å². The zero-order valence-corrected chi connectivity index (χ0v) is 17.5. The Hall–Kier alpha value is -1.42. The van der Waals surface area contributed by atoms with Gasteiger partial charge in [-0.2, -0.15) is 0 Å². The quantitative estimate of drug-likeness (QED) is 0.316. The van der Waals surface area contributed by atoms with Crippen LogP contribution in [0.5, 0.6) is 0 Å². The maximum absolute atomic E-state index is 10.1. The summed E-state index contributed by atoms with van der Waals surface area (Å²) in [5.41, 5.74) is 1.16. The maximum atomic E-state index is 10.1. The van der Waals surface area contributed by atoms with Crippen molar-refractivity contribution >= 4 is 0 Å². The van der Waals surface area contributed by atoms with Gasteiger partial charge in [0.2, 0.25) is 0 Å². The van der Waals surface area contributed by atoms with Crippen molar-refractivity contribution in [3.8, 4) is 0 Å². The highest BCUT2D eigenvalue weighted by atomic mass is 16.6. The molecule has 1 aromatic carbocycles. The van der Waals surface area contributed by atoms with Gasteiger partial charge in [0.25, 0.3) is 0 Å². The lowest BCUT2D eigenvalue weighted by molar-refractivity contribution is -0.112. The van der Waals surface area contributed by atoms with Gasteiger partial charge in [0.05, 0.1) is 12.7 Å². The molecule has 0 amide bonds. The third-order valence-electron chi connectivity index (χ3n) is 5.39. The van der Waals surface area contributed by atoms with Crippen molar-refractivity contribution in [1.29, 1.82) is 0 Å². The summed E-state index contributed by atoms with van der Waals surface area (Å²) in [5, 5.41) is 10.1. The van der Waals surface area contributed by atoms with E-state index in [0.29, 0.717) is 6.61 Å². The average molecular weight is 387 g/mol. The van der Waals surface area contributed by atoms with Crippen molar-refractivity contribution in [2.45, 2.75) is 95.7 Å². The fourth-order valence-corrected chi connectivity index (χ4v) is 3.64. The van der Waals surface area contributed by atoms with Crippen LogP contribution in [0, 0.1) is 0 Å². The summed E-state index contributed by atoms with van der Waals surface area (Å²) in [6.07, 6.45) is 15.7. The van der Waals surface area contributed by atoms with Crippen LogP contribution in [0.3, 0.4) is 0 Å². The van der Waals surface area contributed by atoms with Crippen molar-refractivity contribution in [1.82, 2.24) is 0 Å². The zero-order valence-electron chi connectivity index (χ0n) is 17.5. The summed E-state index contributed by atoms with van der Waals surface area (Å²) in [7, 11) is 0. The zero-order chi connectivity index (χ0) is 20.0. The van der Waals surface area contributed by atoms with E-state index in [4.69, 9.17) is 9.47 Å². The third-order valence-corrected chi connectivity index (χ3v) is 5.39. The predicted octanol–water partition coefficient (Wildman–Crippen LogP) is 5.97. The van der Waals surface area contributed by atoms with Gasteiger partial charge in [-0.25, -0.2) is 0 Å². The fourth-order valence-electron chi connectivity index (χ4n) is 3.64. The van der Waals surface area contributed by atoms with Crippen LogP contribution in [-0.4, -0.2) is 29.5 Å². The number of hydrogen-bond donors (Lipinski definition) is 1. The van der Waals surface area contributed by atoms with Crippen LogP contribution in [0.4, 0.5) is 0 Å². The van der Waals surface area contributed by atoms with Gasteiger partial charge in [0.1, 0.15) is 18.3 Å². The first-order valence-corrected chi connectivity index (χ1v) is 11.0. The molecule has 2 rings (SSSR count). The number of rotatable bonds is 14. The maximum Gasteiger partial charge on any atom is 0.106 e. The molecule has 156 valence electrons. The first-order chi connectivity index (χ1) is 13.7. The van der Waals surface area contributed by atoms with Gasteiger partial charge >= 0.3 is 0 Å². The van der Waals surface area contributed by atoms with Crippen LogP contribution in [0.2, 0.25) is 0 Å². The van der Waals surface area contributed by atoms with E-state index in [9.17, 15) is 5.11 Å². The molecule has 0 saturated carbocycles. The molecule has 1 N–H and O–H groups in total. The average Bonchev–Trinajstić information content (AvgIpc) is 2.74. The van der Waals surface area contributed by atoms with Crippen molar-refractivity contribution in [2.75, 3.05) is 0 Å².